The number of pyridine rings is 1. The van der Waals surface area contributed by atoms with Gasteiger partial charge in [-0.2, -0.15) is 0 Å². The van der Waals surface area contributed by atoms with Crippen molar-refractivity contribution in [1.82, 2.24) is 14.9 Å². The van der Waals surface area contributed by atoms with Gasteiger partial charge in [-0.3, -0.25) is 4.98 Å². The van der Waals surface area contributed by atoms with E-state index in [2.05, 4.69) is 58.5 Å². The van der Waals surface area contributed by atoms with Crippen molar-refractivity contribution >= 4 is 10.9 Å². The molecule has 0 radical (unpaired) electrons. The van der Waals surface area contributed by atoms with Gasteiger partial charge in [0, 0.05) is 29.9 Å². The highest BCUT2D eigenvalue weighted by molar-refractivity contribution is 5.78. The van der Waals surface area contributed by atoms with E-state index in [-0.39, 0.29) is 0 Å². The number of aromatic nitrogens is 2. The molecule has 1 saturated carbocycles. The number of rotatable bonds is 5. The van der Waals surface area contributed by atoms with Crippen LogP contribution in [0.4, 0.5) is 0 Å². The van der Waals surface area contributed by atoms with Crippen molar-refractivity contribution < 1.29 is 0 Å². The molecule has 21 heavy (non-hydrogen) atoms. The normalized spacial score (nSPS) is 14.7. The van der Waals surface area contributed by atoms with E-state index >= 15 is 0 Å². The Balaban J connectivity index is 1.54. The molecule has 0 bridgehead atoms. The van der Waals surface area contributed by atoms with Gasteiger partial charge < -0.3 is 9.88 Å². The zero-order chi connectivity index (χ0) is 14.1. The van der Waals surface area contributed by atoms with E-state index in [1.165, 1.54) is 23.9 Å². The van der Waals surface area contributed by atoms with Crippen molar-refractivity contribution in [2.45, 2.75) is 32.0 Å². The summed E-state index contributed by atoms with van der Waals surface area (Å²) in [5, 5.41) is 4.77. The third-order valence-corrected chi connectivity index (χ3v) is 4.06. The molecule has 0 amide bonds. The fraction of sp³-hybridized carbons (Fsp3) is 0.278. The molecule has 1 aliphatic carbocycles. The minimum absolute atomic E-state index is 0.743. The summed E-state index contributed by atoms with van der Waals surface area (Å²) >= 11 is 0. The maximum Gasteiger partial charge on any atom is 0.0706 e. The molecule has 0 saturated heterocycles. The topological polar surface area (TPSA) is 29.9 Å². The number of nitrogens with one attached hydrogen (secondary N) is 1. The molecule has 3 aromatic rings. The monoisotopic (exact) mass is 277 g/mol. The smallest absolute Gasteiger partial charge is 0.0706 e. The van der Waals surface area contributed by atoms with E-state index in [1.54, 1.807) is 0 Å². The van der Waals surface area contributed by atoms with Crippen molar-refractivity contribution in [3.05, 3.63) is 66.1 Å². The summed E-state index contributed by atoms with van der Waals surface area (Å²) in [6.07, 6.45) is 4.79. The van der Waals surface area contributed by atoms with Crippen molar-refractivity contribution in [1.29, 1.82) is 0 Å². The average molecular weight is 277 g/mol. The summed E-state index contributed by atoms with van der Waals surface area (Å²) in [5.41, 5.74) is 3.51. The zero-order valence-corrected chi connectivity index (χ0v) is 12.0. The van der Waals surface area contributed by atoms with E-state index in [0.29, 0.717) is 0 Å². The largest absolute Gasteiger partial charge is 0.344 e. The highest BCUT2D eigenvalue weighted by Gasteiger charge is 2.20. The lowest BCUT2D eigenvalue weighted by atomic mass is 10.2. The zero-order valence-electron chi connectivity index (χ0n) is 12.0. The van der Waals surface area contributed by atoms with Gasteiger partial charge in [0.25, 0.3) is 0 Å². The second-order valence-electron chi connectivity index (χ2n) is 5.78. The van der Waals surface area contributed by atoms with Crippen LogP contribution in [0.3, 0.4) is 0 Å². The Bertz CT molecular complexity index is 756. The van der Waals surface area contributed by atoms with Gasteiger partial charge in [-0.15, -0.1) is 0 Å². The lowest BCUT2D eigenvalue weighted by Gasteiger charge is -2.10. The molecule has 1 N–H and O–H groups in total. The second-order valence-corrected chi connectivity index (χ2v) is 5.78. The van der Waals surface area contributed by atoms with Gasteiger partial charge in [0.2, 0.25) is 0 Å². The summed E-state index contributed by atoms with van der Waals surface area (Å²) in [5.74, 6) is 0. The Hall–Kier alpha value is -2.13. The number of para-hydroxylation sites is 1. The number of hydrogen-bond donors (Lipinski definition) is 1. The van der Waals surface area contributed by atoms with Gasteiger partial charge in [-0.1, -0.05) is 24.3 Å². The summed E-state index contributed by atoms with van der Waals surface area (Å²) in [6.45, 7) is 1.78. The Morgan fingerprint density at radius 3 is 2.86 bits per heavy atom. The second kappa shape index (κ2) is 5.34. The van der Waals surface area contributed by atoms with Gasteiger partial charge in [0.1, 0.15) is 0 Å². The molecule has 4 rings (SSSR count). The van der Waals surface area contributed by atoms with Crippen LogP contribution >= 0.6 is 0 Å². The lowest BCUT2D eigenvalue weighted by molar-refractivity contribution is 0.631. The molecular weight excluding hydrogens is 258 g/mol. The molecule has 2 heterocycles. The first-order valence-electron chi connectivity index (χ1n) is 7.60. The Morgan fingerprint density at radius 1 is 1.05 bits per heavy atom. The molecule has 106 valence electrons. The first-order valence-corrected chi connectivity index (χ1v) is 7.60. The van der Waals surface area contributed by atoms with E-state index in [1.807, 2.05) is 6.07 Å². The predicted molar refractivity (Wildman–Crippen MR) is 85.1 cm³/mol. The number of fused-ring (bicyclic) bond motifs is 1. The fourth-order valence-corrected chi connectivity index (χ4v) is 2.67. The van der Waals surface area contributed by atoms with Crippen LogP contribution in [0, 0.1) is 0 Å². The number of hydrogen-bond acceptors (Lipinski definition) is 2. The van der Waals surface area contributed by atoms with Gasteiger partial charge in [0.05, 0.1) is 17.8 Å². The average Bonchev–Trinajstić information content (AvgIpc) is 3.25. The van der Waals surface area contributed by atoms with Crippen LogP contribution in [0.15, 0.2) is 54.7 Å². The molecule has 3 nitrogen and oxygen atoms in total. The molecule has 0 aliphatic heterocycles. The first-order chi connectivity index (χ1) is 10.4. The molecular formula is C18H19N3. The SMILES string of the molecule is c1ccc2nc(Cn3cccc3CNC3CC3)ccc2c1. The van der Waals surface area contributed by atoms with Crippen LogP contribution in [-0.4, -0.2) is 15.6 Å². The molecule has 3 heteroatoms. The fourth-order valence-electron chi connectivity index (χ4n) is 2.67. The minimum Gasteiger partial charge on any atom is -0.344 e. The maximum absolute atomic E-state index is 4.76. The molecule has 1 fully saturated rings. The summed E-state index contributed by atoms with van der Waals surface area (Å²) in [6, 6.07) is 17.6. The first kappa shape index (κ1) is 12.6. The van der Waals surface area contributed by atoms with Crippen molar-refractivity contribution in [3.63, 3.8) is 0 Å². The van der Waals surface area contributed by atoms with E-state index in [4.69, 9.17) is 4.98 Å². The maximum atomic E-state index is 4.76. The summed E-state index contributed by atoms with van der Waals surface area (Å²) in [7, 11) is 0. The van der Waals surface area contributed by atoms with E-state index in [0.717, 1.165) is 30.3 Å². The number of benzene rings is 1. The van der Waals surface area contributed by atoms with Crippen LogP contribution in [0.1, 0.15) is 24.2 Å². The van der Waals surface area contributed by atoms with Crippen LogP contribution in [0.5, 0.6) is 0 Å². The third-order valence-electron chi connectivity index (χ3n) is 4.06. The Morgan fingerprint density at radius 2 is 1.95 bits per heavy atom. The summed E-state index contributed by atoms with van der Waals surface area (Å²) < 4.78 is 2.28. The van der Waals surface area contributed by atoms with E-state index < -0.39 is 0 Å². The van der Waals surface area contributed by atoms with Crippen LogP contribution in [0.2, 0.25) is 0 Å². The highest BCUT2D eigenvalue weighted by atomic mass is 15.0. The van der Waals surface area contributed by atoms with Crippen molar-refractivity contribution in [3.8, 4) is 0 Å². The molecule has 0 spiro atoms. The Kier molecular flexibility index (Phi) is 3.20. The molecule has 0 unspecified atom stereocenters. The van der Waals surface area contributed by atoms with Gasteiger partial charge in [-0.25, -0.2) is 0 Å². The van der Waals surface area contributed by atoms with Crippen molar-refractivity contribution in [2.24, 2.45) is 0 Å². The Labute approximate surface area is 124 Å². The highest BCUT2D eigenvalue weighted by Crippen LogP contribution is 2.19. The summed E-state index contributed by atoms with van der Waals surface area (Å²) in [4.78, 5) is 4.76. The van der Waals surface area contributed by atoms with Gasteiger partial charge >= 0.3 is 0 Å². The molecule has 2 aromatic heterocycles. The molecule has 1 aromatic carbocycles. The van der Waals surface area contributed by atoms with Crippen molar-refractivity contribution in [2.75, 3.05) is 0 Å². The quantitative estimate of drug-likeness (QED) is 0.775. The number of nitrogens with zero attached hydrogens (tertiary/aromatic N) is 2. The molecule has 1 aliphatic rings. The lowest BCUT2D eigenvalue weighted by Crippen LogP contribution is -2.18. The predicted octanol–water partition coefficient (Wildman–Crippen LogP) is 3.34. The van der Waals surface area contributed by atoms with E-state index in [9.17, 15) is 0 Å². The van der Waals surface area contributed by atoms with Crippen LogP contribution in [-0.2, 0) is 13.1 Å². The molecule has 0 atom stereocenters. The third kappa shape index (κ3) is 2.83. The van der Waals surface area contributed by atoms with Gasteiger partial charge in [0.15, 0.2) is 0 Å². The van der Waals surface area contributed by atoms with Crippen LogP contribution in [0.25, 0.3) is 10.9 Å². The standard InChI is InChI=1S/C18H19N3/c1-2-6-18-14(4-1)7-8-16(20-18)13-21-11-3-5-17(21)12-19-15-9-10-15/h1-8,11,15,19H,9-10,12-13H2. The van der Waals surface area contributed by atoms with Crippen LogP contribution < -0.4 is 5.32 Å². The van der Waals surface area contributed by atoms with Gasteiger partial charge in [-0.05, 0) is 37.1 Å². The minimum atomic E-state index is 0.743.